The number of pyridine rings is 1. The van der Waals surface area contributed by atoms with E-state index in [0.29, 0.717) is 16.5 Å². The zero-order valence-electron chi connectivity index (χ0n) is 18.0. The van der Waals surface area contributed by atoms with Crippen molar-refractivity contribution >= 4 is 17.7 Å². The summed E-state index contributed by atoms with van der Waals surface area (Å²) in [5, 5.41) is 12.0. The van der Waals surface area contributed by atoms with Crippen molar-refractivity contribution in [1.29, 1.82) is 0 Å². The van der Waals surface area contributed by atoms with E-state index < -0.39 is 5.25 Å². The van der Waals surface area contributed by atoms with Crippen LogP contribution in [0.5, 0.6) is 0 Å². The quantitative estimate of drug-likeness (QED) is 0.399. The fourth-order valence-corrected chi connectivity index (χ4v) is 4.64. The maximum atomic E-state index is 13.6. The lowest BCUT2D eigenvalue weighted by Crippen LogP contribution is -2.30. The number of hydrogen-bond acceptors (Lipinski definition) is 5. The Morgan fingerprint density at radius 3 is 2.48 bits per heavy atom. The molecule has 0 aliphatic heterocycles. The van der Waals surface area contributed by atoms with Gasteiger partial charge >= 0.3 is 0 Å². The molecular weight excluding hydrogens is 437 g/mol. The van der Waals surface area contributed by atoms with Crippen molar-refractivity contribution in [1.82, 2.24) is 25.1 Å². The first kappa shape index (κ1) is 21.3. The summed E-state index contributed by atoms with van der Waals surface area (Å²) in [6, 6.07) is 18.0. The summed E-state index contributed by atoms with van der Waals surface area (Å²) in [6.45, 7) is 2.03. The third kappa shape index (κ3) is 4.66. The van der Waals surface area contributed by atoms with E-state index >= 15 is 0 Å². The van der Waals surface area contributed by atoms with Crippen LogP contribution in [0.3, 0.4) is 0 Å². The first-order valence-electron chi connectivity index (χ1n) is 10.7. The van der Waals surface area contributed by atoms with E-state index in [1.165, 1.54) is 23.9 Å². The van der Waals surface area contributed by atoms with Gasteiger partial charge < -0.3 is 5.32 Å². The van der Waals surface area contributed by atoms with Gasteiger partial charge in [-0.15, -0.1) is 10.2 Å². The molecule has 6 nitrogen and oxygen atoms in total. The van der Waals surface area contributed by atoms with Gasteiger partial charge in [-0.1, -0.05) is 42.1 Å². The monoisotopic (exact) mass is 459 g/mol. The standard InChI is InChI=1S/C25H22FN5OS/c1-16-4-2-3-5-21(16)31-23(18-12-14-27-15-13-18)29-30-25(31)33-22(24(32)28-20-10-11-20)17-6-8-19(26)9-7-17/h2-9,12-15,20,22H,10-11H2,1H3,(H,28,32). The van der Waals surface area contributed by atoms with E-state index in [4.69, 9.17) is 0 Å². The van der Waals surface area contributed by atoms with Gasteiger partial charge in [0.15, 0.2) is 11.0 Å². The van der Waals surface area contributed by atoms with Gasteiger partial charge in [0.05, 0.1) is 5.69 Å². The summed E-state index contributed by atoms with van der Waals surface area (Å²) >= 11 is 1.31. The van der Waals surface area contributed by atoms with Crippen molar-refractivity contribution in [2.75, 3.05) is 0 Å². The molecule has 2 aromatic carbocycles. The van der Waals surface area contributed by atoms with Crippen molar-refractivity contribution in [2.24, 2.45) is 0 Å². The molecule has 1 fully saturated rings. The number of amides is 1. The van der Waals surface area contributed by atoms with Gasteiger partial charge in [0.25, 0.3) is 0 Å². The summed E-state index contributed by atoms with van der Waals surface area (Å²) in [4.78, 5) is 17.3. The molecule has 1 unspecified atom stereocenters. The van der Waals surface area contributed by atoms with Crippen LogP contribution in [0.15, 0.2) is 78.2 Å². The fraction of sp³-hybridized carbons (Fsp3) is 0.200. The largest absolute Gasteiger partial charge is 0.352 e. The molecule has 0 saturated heterocycles. The number of benzene rings is 2. The van der Waals surface area contributed by atoms with E-state index in [0.717, 1.165) is 29.7 Å². The third-order valence-corrected chi connectivity index (χ3v) is 6.68. The molecule has 0 radical (unpaired) electrons. The number of aryl methyl sites for hydroxylation is 1. The Morgan fingerprint density at radius 2 is 1.79 bits per heavy atom. The highest BCUT2D eigenvalue weighted by Gasteiger charge is 2.31. The lowest BCUT2D eigenvalue weighted by Gasteiger charge is -2.18. The Bertz CT molecular complexity index is 1270. The second-order valence-electron chi connectivity index (χ2n) is 8.00. The average molecular weight is 460 g/mol. The predicted octanol–water partition coefficient (Wildman–Crippen LogP) is 4.89. The normalized spacial score (nSPS) is 14.1. The van der Waals surface area contributed by atoms with E-state index in [2.05, 4.69) is 20.5 Å². The topological polar surface area (TPSA) is 72.7 Å². The summed E-state index contributed by atoms with van der Waals surface area (Å²) in [7, 11) is 0. The Morgan fingerprint density at radius 1 is 1.06 bits per heavy atom. The molecule has 2 aromatic heterocycles. The van der Waals surface area contributed by atoms with Gasteiger partial charge in [0, 0.05) is 24.0 Å². The predicted molar refractivity (Wildman–Crippen MR) is 125 cm³/mol. The molecule has 1 atom stereocenters. The molecule has 1 aliphatic carbocycles. The molecular formula is C25H22FN5OS. The number of thioether (sulfide) groups is 1. The van der Waals surface area contributed by atoms with E-state index in [1.807, 2.05) is 47.9 Å². The maximum Gasteiger partial charge on any atom is 0.238 e. The molecule has 1 aliphatic rings. The number of rotatable bonds is 7. The van der Waals surface area contributed by atoms with Gasteiger partial charge in [-0.25, -0.2) is 4.39 Å². The van der Waals surface area contributed by atoms with Gasteiger partial charge in [-0.05, 0) is 61.2 Å². The molecule has 1 amide bonds. The van der Waals surface area contributed by atoms with E-state index in [-0.39, 0.29) is 17.8 Å². The van der Waals surface area contributed by atoms with Crippen LogP contribution in [0.2, 0.25) is 0 Å². The highest BCUT2D eigenvalue weighted by Crippen LogP contribution is 2.38. The fourth-order valence-electron chi connectivity index (χ4n) is 3.59. The van der Waals surface area contributed by atoms with Crippen molar-refractivity contribution in [3.05, 3.63) is 90.0 Å². The van der Waals surface area contributed by atoms with E-state index in [1.54, 1.807) is 24.5 Å². The third-order valence-electron chi connectivity index (χ3n) is 5.49. The van der Waals surface area contributed by atoms with Gasteiger partial charge in [0.1, 0.15) is 11.1 Å². The Balaban J connectivity index is 1.59. The highest BCUT2D eigenvalue weighted by atomic mass is 32.2. The van der Waals surface area contributed by atoms with Crippen molar-refractivity contribution in [3.63, 3.8) is 0 Å². The van der Waals surface area contributed by atoms with Crippen LogP contribution in [0, 0.1) is 12.7 Å². The van der Waals surface area contributed by atoms with E-state index in [9.17, 15) is 9.18 Å². The molecule has 0 spiro atoms. The number of halogens is 1. The molecule has 8 heteroatoms. The second kappa shape index (κ2) is 9.15. The van der Waals surface area contributed by atoms with Crippen LogP contribution in [0.25, 0.3) is 17.1 Å². The smallest absolute Gasteiger partial charge is 0.238 e. The lowest BCUT2D eigenvalue weighted by atomic mass is 10.1. The number of hydrogen-bond donors (Lipinski definition) is 1. The van der Waals surface area contributed by atoms with Crippen molar-refractivity contribution in [3.8, 4) is 17.1 Å². The second-order valence-corrected chi connectivity index (χ2v) is 9.07. The maximum absolute atomic E-state index is 13.6. The zero-order valence-corrected chi connectivity index (χ0v) is 18.8. The van der Waals surface area contributed by atoms with Crippen LogP contribution in [-0.2, 0) is 4.79 Å². The number of carbonyl (C=O) groups is 1. The van der Waals surface area contributed by atoms with Crippen LogP contribution in [0.1, 0.15) is 29.2 Å². The van der Waals surface area contributed by atoms with Gasteiger partial charge in [0.2, 0.25) is 5.91 Å². The molecule has 0 bridgehead atoms. The minimum atomic E-state index is -0.594. The Labute approximate surface area is 195 Å². The Hall–Kier alpha value is -3.52. The number of carbonyl (C=O) groups excluding carboxylic acids is 1. The molecule has 33 heavy (non-hydrogen) atoms. The molecule has 2 heterocycles. The molecule has 5 rings (SSSR count). The SMILES string of the molecule is Cc1ccccc1-n1c(SC(C(=O)NC2CC2)c2ccc(F)cc2)nnc1-c1ccncc1. The number of nitrogens with zero attached hydrogens (tertiary/aromatic N) is 4. The summed E-state index contributed by atoms with van der Waals surface area (Å²) in [5.74, 6) is 0.210. The van der Waals surface area contributed by atoms with Crippen LogP contribution in [0.4, 0.5) is 4.39 Å². The average Bonchev–Trinajstić information content (AvgIpc) is 3.55. The summed E-state index contributed by atoms with van der Waals surface area (Å²) < 4.78 is 15.5. The van der Waals surface area contributed by atoms with Crippen LogP contribution >= 0.6 is 11.8 Å². The van der Waals surface area contributed by atoms with Gasteiger partial charge in [-0.3, -0.25) is 14.3 Å². The Kier molecular flexibility index (Phi) is 5.92. The van der Waals surface area contributed by atoms with Gasteiger partial charge in [-0.2, -0.15) is 0 Å². The highest BCUT2D eigenvalue weighted by molar-refractivity contribution is 8.00. The number of nitrogens with one attached hydrogen (secondary N) is 1. The molecule has 166 valence electrons. The van der Waals surface area contributed by atoms with Crippen LogP contribution < -0.4 is 5.32 Å². The first-order chi connectivity index (χ1) is 16.1. The molecule has 4 aromatic rings. The number of aromatic nitrogens is 4. The minimum absolute atomic E-state index is 0.112. The van der Waals surface area contributed by atoms with Crippen LogP contribution in [-0.4, -0.2) is 31.7 Å². The minimum Gasteiger partial charge on any atom is -0.352 e. The van der Waals surface area contributed by atoms with Crippen molar-refractivity contribution in [2.45, 2.75) is 36.2 Å². The first-order valence-corrected chi connectivity index (χ1v) is 11.6. The summed E-state index contributed by atoms with van der Waals surface area (Å²) in [5.41, 5.74) is 3.56. The molecule has 1 saturated carbocycles. The molecule has 1 N–H and O–H groups in total. The lowest BCUT2D eigenvalue weighted by molar-refractivity contribution is -0.120. The number of para-hydroxylation sites is 1. The zero-order chi connectivity index (χ0) is 22.8. The summed E-state index contributed by atoms with van der Waals surface area (Å²) in [6.07, 6.45) is 5.39. The van der Waals surface area contributed by atoms with Crippen molar-refractivity contribution < 1.29 is 9.18 Å².